The summed E-state index contributed by atoms with van der Waals surface area (Å²) in [6.07, 6.45) is 1.82. The number of carbonyl (C=O) groups excluding carboxylic acids is 1. The Morgan fingerprint density at radius 3 is 2.60 bits per heavy atom. The molecule has 1 fully saturated rings. The Labute approximate surface area is 205 Å². The molecule has 5 rings (SSSR count). The highest BCUT2D eigenvalue weighted by molar-refractivity contribution is 7.89. The molecule has 1 heterocycles. The first-order chi connectivity index (χ1) is 16.8. The zero-order chi connectivity index (χ0) is 24.6. The molecule has 0 atom stereocenters. The van der Waals surface area contributed by atoms with Gasteiger partial charge in [0.25, 0.3) is 0 Å². The summed E-state index contributed by atoms with van der Waals surface area (Å²) in [6, 6.07) is 19.0. The van der Waals surface area contributed by atoms with Crippen LogP contribution in [0.1, 0.15) is 29.5 Å². The Hall–Kier alpha value is -3.23. The number of aryl methyl sites for hydroxylation is 1. The van der Waals surface area contributed by atoms with Crippen LogP contribution in [0, 0.1) is 18.7 Å². The first-order valence-electron chi connectivity index (χ1n) is 11.7. The maximum absolute atomic E-state index is 13.9. The summed E-state index contributed by atoms with van der Waals surface area (Å²) >= 11 is 0. The van der Waals surface area contributed by atoms with Crippen LogP contribution >= 0.6 is 0 Å². The lowest BCUT2D eigenvalue weighted by atomic mass is 10.1. The Kier molecular flexibility index (Phi) is 6.34. The van der Waals surface area contributed by atoms with E-state index in [1.165, 1.54) is 16.4 Å². The second kappa shape index (κ2) is 9.43. The smallest absolute Gasteiger partial charge is 0.243 e. The first-order valence-corrected chi connectivity index (χ1v) is 13.1. The van der Waals surface area contributed by atoms with E-state index >= 15 is 0 Å². The summed E-state index contributed by atoms with van der Waals surface area (Å²) < 4.78 is 47.8. The van der Waals surface area contributed by atoms with Crippen molar-refractivity contribution in [1.82, 2.24) is 4.31 Å². The largest absolute Gasteiger partial charge is 0.492 e. The highest BCUT2D eigenvalue weighted by Crippen LogP contribution is 2.34. The molecule has 0 unspecified atom stereocenters. The lowest BCUT2D eigenvalue weighted by molar-refractivity contribution is -0.119. The third-order valence-electron chi connectivity index (χ3n) is 6.44. The van der Waals surface area contributed by atoms with Crippen LogP contribution in [0.5, 0.6) is 5.75 Å². The number of nitrogens with zero attached hydrogens (tertiary/aromatic N) is 2. The van der Waals surface area contributed by atoms with Gasteiger partial charge in [0.2, 0.25) is 15.9 Å². The number of ether oxygens (including phenoxy) is 1. The zero-order valence-corrected chi connectivity index (χ0v) is 20.3. The van der Waals surface area contributed by atoms with Crippen molar-refractivity contribution in [1.29, 1.82) is 0 Å². The Morgan fingerprint density at radius 2 is 1.86 bits per heavy atom. The van der Waals surface area contributed by atoms with Crippen LogP contribution in [0.3, 0.4) is 0 Å². The highest BCUT2D eigenvalue weighted by Gasteiger charge is 2.34. The van der Waals surface area contributed by atoms with Gasteiger partial charge in [-0.25, -0.2) is 12.8 Å². The van der Waals surface area contributed by atoms with Crippen LogP contribution in [0.2, 0.25) is 0 Å². The molecule has 2 aliphatic rings. The fourth-order valence-electron chi connectivity index (χ4n) is 4.36. The average molecular weight is 495 g/mol. The molecule has 1 saturated carbocycles. The van der Waals surface area contributed by atoms with E-state index in [2.05, 4.69) is 0 Å². The van der Waals surface area contributed by atoms with Crippen molar-refractivity contribution in [3.63, 3.8) is 0 Å². The van der Waals surface area contributed by atoms with E-state index in [-0.39, 0.29) is 36.4 Å². The summed E-state index contributed by atoms with van der Waals surface area (Å²) in [6.45, 7) is 2.47. The lowest BCUT2D eigenvalue weighted by Crippen LogP contribution is -2.33. The normalized spacial score (nSPS) is 16.2. The SMILES string of the molecule is Cc1ccc(F)cc1S(=O)(=O)N1CCOc2ccc(CN(C(=O)C3CC3)c3ccccc3)cc2C1. The second-order valence-electron chi connectivity index (χ2n) is 9.07. The van der Waals surface area contributed by atoms with Gasteiger partial charge in [0, 0.05) is 30.3 Å². The van der Waals surface area contributed by atoms with Gasteiger partial charge in [0.15, 0.2) is 0 Å². The van der Waals surface area contributed by atoms with E-state index in [1.54, 1.807) is 11.8 Å². The van der Waals surface area contributed by atoms with Gasteiger partial charge in [0.05, 0.1) is 11.4 Å². The third kappa shape index (κ3) is 4.94. The predicted octanol–water partition coefficient (Wildman–Crippen LogP) is 4.66. The van der Waals surface area contributed by atoms with E-state index in [9.17, 15) is 17.6 Å². The number of sulfonamides is 1. The maximum atomic E-state index is 13.9. The fourth-order valence-corrected chi connectivity index (χ4v) is 5.99. The standard InChI is InChI=1S/C27H27FN2O4S/c1-19-7-11-23(28)16-26(19)35(32,33)29-13-14-34-25-12-8-20(15-22(25)18-29)17-30(27(31)21-9-10-21)24-5-3-2-4-6-24/h2-8,11-12,15-16,21H,9-10,13-14,17-18H2,1H3. The molecule has 1 amide bonds. The van der Waals surface area contributed by atoms with Crippen LogP contribution in [0.25, 0.3) is 0 Å². The number of amides is 1. The summed E-state index contributed by atoms with van der Waals surface area (Å²) in [5.41, 5.74) is 2.92. The molecule has 6 nitrogen and oxygen atoms in total. The van der Waals surface area contributed by atoms with Crippen molar-refractivity contribution in [3.05, 3.63) is 89.2 Å². The topological polar surface area (TPSA) is 66.9 Å². The van der Waals surface area contributed by atoms with Crippen LogP contribution in [0.4, 0.5) is 10.1 Å². The molecule has 0 spiro atoms. The van der Waals surface area contributed by atoms with E-state index in [0.717, 1.165) is 30.2 Å². The number of fused-ring (bicyclic) bond motifs is 1. The van der Waals surface area contributed by atoms with Gasteiger partial charge in [0.1, 0.15) is 18.2 Å². The van der Waals surface area contributed by atoms with Crippen LogP contribution < -0.4 is 9.64 Å². The van der Waals surface area contributed by atoms with Gasteiger partial charge in [-0.3, -0.25) is 4.79 Å². The van der Waals surface area contributed by atoms with E-state index < -0.39 is 15.8 Å². The lowest BCUT2D eigenvalue weighted by Gasteiger charge is -2.24. The van der Waals surface area contributed by atoms with E-state index in [1.807, 2.05) is 48.5 Å². The maximum Gasteiger partial charge on any atom is 0.243 e. The molecular formula is C27H27FN2O4S. The molecule has 182 valence electrons. The summed E-state index contributed by atoms with van der Waals surface area (Å²) in [7, 11) is -3.93. The number of anilines is 1. The molecule has 1 aliphatic heterocycles. The Morgan fingerprint density at radius 1 is 1.09 bits per heavy atom. The molecule has 35 heavy (non-hydrogen) atoms. The van der Waals surface area contributed by atoms with Crippen molar-refractivity contribution in [2.24, 2.45) is 5.92 Å². The highest BCUT2D eigenvalue weighted by atomic mass is 32.2. The number of hydrogen-bond donors (Lipinski definition) is 0. The predicted molar refractivity (Wildman–Crippen MR) is 131 cm³/mol. The second-order valence-corrected chi connectivity index (χ2v) is 11.0. The van der Waals surface area contributed by atoms with Crippen LogP contribution in [-0.4, -0.2) is 31.8 Å². The van der Waals surface area contributed by atoms with E-state index in [4.69, 9.17) is 4.74 Å². The number of benzene rings is 3. The first kappa shape index (κ1) is 23.5. The minimum atomic E-state index is -3.93. The van der Waals surface area contributed by atoms with Gasteiger partial charge in [-0.1, -0.05) is 30.3 Å². The van der Waals surface area contributed by atoms with Gasteiger partial charge in [-0.15, -0.1) is 0 Å². The van der Waals surface area contributed by atoms with Crippen LogP contribution in [-0.2, 0) is 27.9 Å². The molecule has 3 aromatic rings. The molecule has 0 bridgehead atoms. The minimum absolute atomic E-state index is 0.0395. The van der Waals surface area contributed by atoms with Crippen molar-refractivity contribution < 1.29 is 22.3 Å². The molecule has 0 N–H and O–H groups in total. The third-order valence-corrected chi connectivity index (χ3v) is 8.43. The average Bonchev–Trinajstić information content (AvgIpc) is 3.71. The summed E-state index contributed by atoms with van der Waals surface area (Å²) in [5.74, 6) is 0.189. The molecule has 8 heteroatoms. The van der Waals surface area contributed by atoms with Gasteiger partial charge < -0.3 is 9.64 Å². The molecular weight excluding hydrogens is 467 g/mol. The molecule has 1 aliphatic carbocycles. The molecule has 0 radical (unpaired) electrons. The Balaban J connectivity index is 1.44. The summed E-state index contributed by atoms with van der Waals surface area (Å²) in [4.78, 5) is 14.8. The quantitative estimate of drug-likeness (QED) is 0.500. The summed E-state index contributed by atoms with van der Waals surface area (Å²) in [5, 5.41) is 0. The molecule has 0 saturated heterocycles. The van der Waals surface area contributed by atoms with Gasteiger partial charge >= 0.3 is 0 Å². The zero-order valence-electron chi connectivity index (χ0n) is 19.5. The number of carbonyl (C=O) groups is 1. The fraction of sp³-hybridized carbons (Fsp3) is 0.296. The van der Waals surface area contributed by atoms with E-state index in [0.29, 0.717) is 23.4 Å². The van der Waals surface area contributed by atoms with Gasteiger partial charge in [-0.05, 0) is 67.3 Å². The van der Waals surface area contributed by atoms with Gasteiger partial charge in [-0.2, -0.15) is 4.31 Å². The van der Waals surface area contributed by atoms with Crippen LogP contribution in [0.15, 0.2) is 71.6 Å². The minimum Gasteiger partial charge on any atom is -0.492 e. The number of halogens is 1. The molecule has 0 aromatic heterocycles. The van der Waals surface area contributed by atoms with Crippen molar-refractivity contribution in [3.8, 4) is 5.75 Å². The monoisotopic (exact) mass is 494 g/mol. The Bertz CT molecular complexity index is 1360. The van der Waals surface area contributed by atoms with Crippen molar-refractivity contribution >= 4 is 21.6 Å². The van der Waals surface area contributed by atoms with Crippen molar-refractivity contribution in [2.45, 2.75) is 37.8 Å². The number of hydrogen-bond acceptors (Lipinski definition) is 4. The number of para-hydroxylation sites is 1. The van der Waals surface area contributed by atoms with Crippen molar-refractivity contribution in [2.75, 3.05) is 18.1 Å². The molecule has 3 aromatic carbocycles. The number of rotatable bonds is 6.